The maximum absolute atomic E-state index is 11.4. The predicted molar refractivity (Wildman–Crippen MR) is 46.8 cm³/mol. The topological polar surface area (TPSA) is 38.3 Å². The Kier molecular flexibility index (Phi) is 2.52. The third kappa shape index (κ3) is 1.85. The van der Waals surface area contributed by atoms with Gasteiger partial charge in [0.15, 0.2) is 0 Å². The van der Waals surface area contributed by atoms with Crippen LogP contribution in [0.15, 0.2) is 12.2 Å². The van der Waals surface area contributed by atoms with Crippen LogP contribution in [0.25, 0.3) is 0 Å². The monoisotopic (exact) mass is 169 g/mol. The van der Waals surface area contributed by atoms with Gasteiger partial charge in [-0.15, -0.1) is 0 Å². The summed E-state index contributed by atoms with van der Waals surface area (Å²) in [6.45, 7) is 6.25. The third-order valence-corrected chi connectivity index (χ3v) is 1.81. The Bertz CT molecular complexity index is 211. The van der Waals surface area contributed by atoms with Crippen molar-refractivity contribution in [3.05, 3.63) is 12.2 Å². The molecule has 0 aromatic heterocycles. The molecule has 3 nitrogen and oxygen atoms in total. The van der Waals surface area contributed by atoms with Crippen LogP contribution in [0.1, 0.15) is 20.8 Å². The van der Waals surface area contributed by atoms with Crippen LogP contribution in [0.2, 0.25) is 0 Å². The lowest BCUT2D eigenvalue weighted by Gasteiger charge is -2.22. The van der Waals surface area contributed by atoms with Crippen LogP contribution in [-0.4, -0.2) is 24.2 Å². The fourth-order valence-corrected chi connectivity index (χ4v) is 1.10. The Labute approximate surface area is 72.8 Å². The van der Waals surface area contributed by atoms with Gasteiger partial charge in [0, 0.05) is 6.54 Å². The highest BCUT2D eigenvalue weighted by atomic mass is 16.5. The first-order valence-electron chi connectivity index (χ1n) is 4.18. The van der Waals surface area contributed by atoms with Crippen LogP contribution in [0.4, 0.5) is 0 Å². The van der Waals surface area contributed by atoms with Crippen molar-refractivity contribution >= 4 is 5.97 Å². The number of hydrogen-bond acceptors (Lipinski definition) is 3. The Morgan fingerprint density at radius 3 is 2.75 bits per heavy atom. The molecule has 0 bridgehead atoms. The van der Waals surface area contributed by atoms with Crippen molar-refractivity contribution in [3.8, 4) is 0 Å². The van der Waals surface area contributed by atoms with Crippen molar-refractivity contribution in [1.82, 2.24) is 5.32 Å². The van der Waals surface area contributed by atoms with Crippen LogP contribution in [0.3, 0.4) is 0 Å². The Balaban J connectivity index is 2.57. The lowest BCUT2D eigenvalue weighted by molar-refractivity contribution is -0.152. The fraction of sp³-hybridized carbons (Fsp3) is 0.667. The Hall–Kier alpha value is -0.830. The molecule has 1 heterocycles. The lowest BCUT2D eigenvalue weighted by Crippen LogP contribution is -2.46. The van der Waals surface area contributed by atoms with Gasteiger partial charge in [-0.05, 0) is 20.8 Å². The molecule has 0 aromatic rings. The summed E-state index contributed by atoms with van der Waals surface area (Å²) in [5.41, 5.74) is -0.607. The molecule has 0 fully saturated rings. The largest absolute Gasteiger partial charge is 0.461 e. The zero-order valence-electron chi connectivity index (χ0n) is 7.76. The van der Waals surface area contributed by atoms with Crippen molar-refractivity contribution in [2.24, 2.45) is 0 Å². The van der Waals surface area contributed by atoms with E-state index >= 15 is 0 Å². The van der Waals surface area contributed by atoms with Gasteiger partial charge < -0.3 is 4.74 Å². The summed E-state index contributed by atoms with van der Waals surface area (Å²) < 4.78 is 5.08. The first-order chi connectivity index (χ1) is 5.54. The quantitative estimate of drug-likeness (QED) is 0.492. The number of carbonyl (C=O) groups is 1. The summed E-state index contributed by atoms with van der Waals surface area (Å²) in [5, 5.41) is 3.05. The van der Waals surface area contributed by atoms with Gasteiger partial charge in [-0.2, -0.15) is 0 Å². The predicted octanol–water partition coefficient (Wildman–Crippen LogP) is 0.856. The second-order valence-electron chi connectivity index (χ2n) is 3.44. The van der Waals surface area contributed by atoms with Gasteiger partial charge in [0.25, 0.3) is 0 Å². The van der Waals surface area contributed by atoms with Gasteiger partial charge >= 0.3 is 5.97 Å². The van der Waals surface area contributed by atoms with E-state index in [1.807, 2.05) is 32.9 Å². The first-order valence-corrected chi connectivity index (χ1v) is 4.18. The number of rotatable bonds is 2. The van der Waals surface area contributed by atoms with E-state index in [-0.39, 0.29) is 12.1 Å². The minimum Gasteiger partial charge on any atom is -0.461 e. The minimum absolute atomic E-state index is 0.0508. The van der Waals surface area contributed by atoms with Gasteiger partial charge in [0.2, 0.25) is 0 Å². The smallest absolute Gasteiger partial charge is 0.330 e. The molecule has 0 saturated carbocycles. The highest BCUT2D eigenvalue weighted by molar-refractivity contribution is 5.83. The van der Waals surface area contributed by atoms with Crippen molar-refractivity contribution in [2.75, 3.05) is 6.54 Å². The molecule has 1 aliphatic heterocycles. The molecule has 0 aliphatic carbocycles. The van der Waals surface area contributed by atoms with E-state index in [4.69, 9.17) is 4.74 Å². The summed E-state index contributed by atoms with van der Waals surface area (Å²) in [5.74, 6) is -0.203. The van der Waals surface area contributed by atoms with E-state index in [0.717, 1.165) is 6.54 Å². The van der Waals surface area contributed by atoms with Gasteiger partial charge in [-0.25, -0.2) is 4.79 Å². The number of ether oxygens (including phenoxy) is 1. The average Bonchev–Trinajstić information content (AvgIpc) is 2.36. The van der Waals surface area contributed by atoms with E-state index in [1.165, 1.54) is 0 Å². The molecule has 0 amide bonds. The summed E-state index contributed by atoms with van der Waals surface area (Å²) in [6.07, 6.45) is 3.73. The van der Waals surface area contributed by atoms with Gasteiger partial charge in [0.05, 0.1) is 6.10 Å². The SMILES string of the molecule is CC(C)OC(=O)C1(C)C=CCN1. The van der Waals surface area contributed by atoms with Gasteiger partial charge in [-0.1, -0.05) is 12.2 Å². The molecule has 0 saturated heterocycles. The molecule has 3 heteroatoms. The van der Waals surface area contributed by atoms with Crippen molar-refractivity contribution in [2.45, 2.75) is 32.4 Å². The van der Waals surface area contributed by atoms with E-state index < -0.39 is 5.54 Å². The molecule has 12 heavy (non-hydrogen) atoms. The molecule has 1 atom stereocenters. The van der Waals surface area contributed by atoms with Crippen LogP contribution in [0.5, 0.6) is 0 Å². The lowest BCUT2D eigenvalue weighted by atomic mass is 10.1. The summed E-state index contributed by atoms with van der Waals surface area (Å²) in [7, 11) is 0. The molecule has 0 aromatic carbocycles. The average molecular weight is 169 g/mol. The highest BCUT2D eigenvalue weighted by Gasteiger charge is 2.34. The van der Waals surface area contributed by atoms with Crippen molar-refractivity contribution < 1.29 is 9.53 Å². The Morgan fingerprint density at radius 2 is 2.33 bits per heavy atom. The number of hydrogen-bond donors (Lipinski definition) is 1. The summed E-state index contributed by atoms with van der Waals surface area (Å²) >= 11 is 0. The van der Waals surface area contributed by atoms with Gasteiger partial charge in [0.1, 0.15) is 5.54 Å². The maximum Gasteiger partial charge on any atom is 0.330 e. The molecule has 0 radical (unpaired) electrons. The zero-order valence-corrected chi connectivity index (χ0v) is 7.76. The van der Waals surface area contributed by atoms with Crippen molar-refractivity contribution in [3.63, 3.8) is 0 Å². The molecule has 0 spiro atoms. The number of nitrogens with one attached hydrogen (secondary N) is 1. The van der Waals surface area contributed by atoms with Crippen molar-refractivity contribution in [1.29, 1.82) is 0 Å². The van der Waals surface area contributed by atoms with Crippen LogP contribution in [-0.2, 0) is 9.53 Å². The number of esters is 1. The van der Waals surface area contributed by atoms with Gasteiger partial charge in [-0.3, -0.25) is 5.32 Å². The standard InChI is InChI=1S/C9H15NO2/c1-7(2)12-8(11)9(3)5-4-6-10-9/h4-5,7,10H,6H2,1-3H3. The fourth-order valence-electron chi connectivity index (χ4n) is 1.10. The zero-order chi connectivity index (χ0) is 9.19. The molecule has 68 valence electrons. The van der Waals surface area contributed by atoms with E-state index in [2.05, 4.69) is 5.32 Å². The molecule has 1 unspecified atom stereocenters. The molecule has 1 aliphatic rings. The second kappa shape index (κ2) is 3.27. The van der Waals surface area contributed by atoms with Crippen LogP contribution in [0, 0.1) is 0 Å². The number of carbonyl (C=O) groups excluding carboxylic acids is 1. The van der Waals surface area contributed by atoms with E-state index in [0.29, 0.717) is 0 Å². The van der Waals surface area contributed by atoms with Crippen LogP contribution < -0.4 is 5.32 Å². The first kappa shape index (κ1) is 9.26. The Morgan fingerprint density at radius 1 is 1.67 bits per heavy atom. The summed E-state index contributed by atoms with van der Waals surface area (Å²) in [4.78, 5) is 11.4. The van der Waals surface area contributed by atoms with E-state index in [1.54, 1.807) is 0 Å². The molecular weight excluding hydrogens is 154 g/mol. The van der Waals surface area contributed by atoms with Crippen LogP contribution >= 0.6 is 0 Å². The third-order valence-electron chi connectivity index (χ3n) is 1.81. The maximum atomic E-state index is 11.4. The molecular formula is C9H15NO2. The minimum atomic E-state index is -0.607. The highest BCUT2D eigenvalue weighted by Crippen LogP contribution is 2.13. The molecule has 1 N–H and O–H groups in total. The normalized spacial score (nSPS) is 28.0. The molecule has 1 rings (SSSR count). The summed E-state index contributed by atoms with van der Waals surface area (Å²) in [6, 6.07) is 0. The second-order valence-corrected chi connectivity index (χ2v) is 3.44. The van der Waals surface area contributed by atoms with E-state index in [9.17, 15) is 4.79 Å².